The molecule has 4 rings (SSSR count). The van der Waals surface area contributed by atoms with Crippen molar-refractivity contribution in [3.05, 3.63) is 35.5 Å². The van der Waals surface area contributed by atoms with E-state index in [-0.39, 0.29) is 12.5 Å². The standard InChI is InChI=1S/C20H21F2N5O4/c1-23-19-24-8-11-9-26(16-13(21)6-7-14(28)15(16)22)20(31)27(17(11)25-19)12-4-2-10(3-5-12)18(29)30/h6-8,10,12,28H,2-5,9H2,1H3,(H,29,30)(H,23,24,25). The number of phenols is 1. The predicted octanol–water partition coefficient (Wildman–Crippen LogP) is 3.09. The van der Waals surface area contributed by atoms with Crippen molar-refractivity contribution in [1.29, 1.82) is 0 Å². The molecule has 1 aromatic carbocycles. The molecule has 11 heteroatoms. The number of rotatable bonds is 4. The summed E-state index contributed by atoms with van der Waals surface area (Å²) in [6, 6.07) is 0.673. The zero-order valence-corrected chi connectivity index (χ0v) is 16.7. The maximum absolute atomic E-state index is 14.6. The summed E-state index contributed by atoms with van der Waals surface area (Å²) in [6.07, 6.45) is 3.03. The summed E-state index contributed by atoms with van der Waals surface area (Å²) in [5.74, 6) is -3.78. The van der Waals surface area contributed by atoms with Crippen LogP contribution in [0.4, 0.5) is 31.0 Å². The minimum absolute atomic E-state index is 0.184. The van der Waals surface area contributed by atoms with Gasteiger partial charge in [-0.25, -0.2) is 18.6 Å². The van der Waals surface area contributed by atoms with Gasteiger partial charge < -0.3 is 15.5 Å². The summed E-state index contributed by atoms with van der Waals surface area (Å²) in [6.45, 7) is -0.184. The molecule has 2 aromatic rings. The molecule has 31 heavy (non-hydrogen) atoms. The molecule has 3 N–H and O–H groups in total. The van der Waals surface area contributed by atoms with Crippen molar-refractivity contribution >= 4 is 29.5 Å². The Hall–Kier alpha value is -3.50. The van der Waals surface area contributed by atoms with Crippen LogP contribution in [0.5, 0.6) is 5.75 Å². The lowest BCUT2D eigenvalue weighted by Gasteiger charge is -2.42. The van der Waals surface area contributed by atoms with Crippen LogP contribution in [0, 0.1) is 17.6 Å². The average molecular weight is 433 g/mol. The van der Waals surface area contributed by atoms with Gasteiger partial charge in [0.25, 0.3) is 0 Å². The van der Waals surface area contributed by atoms with E-state index in [1.54, 1.807) is 7.05 Å². The number of hydrogen-bond acceptors (Lipinski definition) is 6. The lowest BCUT2D eigenvalue weighted by Crippen LogP contribution is -2.54. The van der Waals surface area contributed by atoms with Gasteiger partial charge in [-0.05, 0) is 37.8 Å². The van der Waals surface area contributed by atoms with Gasteiger partial charge in [-0.2, -0.15) is 4.98 Å². The molecule has 9 nitrogen and oxygen atoms in total. The molecule has 164 valence electrons. The van der Waals surface area contributed by atoms with Gasteiger partial charge in [-0.15, -0.1) is 0 Å². The van der Waals surface area contributed by atoms with Crippen LogP contribution in [0.1, 0.15) is 31.2 Å². The van der Waals surface area contributed by atoms with E-state index >= 15 is 0 Å². The van der Waals surface area contributed by atoms with Crippen molar-refractivity contribution < 1.29 is 28.6 Å². The van der Waals surface area contributed by atoms with Crippen molar-refractivity contribution in [2.24, 2.45) is 5.92 Å². The van der Waals surface area contributed by atoms with E-state index in [2.05, 4.69) is 15.3 Å². The Morgan fingerprint density at radius 1 is 1.23 bits per heavy atom. The van der Waals surface area contributed by atoms with Gasteiger partial charge in [-0.3, -0.25) is 14.6 Å². The van der Waals surface area contributed by atoms with E-state index in [1.165, 1.54) is 11.1 Å². The summed E-state index contributed by atoms with van der Waals surface area (Å²) in [5.41, 5.74) is -0.182. The molecule has 0 bridgehead atoms. The molecule has 1 fully saturated rings. The number of urea groups is 1. The highest BCUT2D eigenvalue weighted by Gasteiger charge is 2.41. The largest absolute Gasteiger partial charge is 0.505 e. The third kappa shape index (κ3) is 3.60. The number of aliphatic carboxylic acids is 1. The lowest BCUT2D eigenvalue weighted by atomic mass is 9.85. The quantitative estimate of drug-likeness (QED) is 0.678. The normalized spacial score (nSPS) is 21.1. The Kier molecular flexibility index (Phi) is 5.34. The minimum atomic E-state index is -1.24. The fourth-order valence-corrected chi connectivity index (χ4v) is 4.16. The number of amides is 2. The van der Waals surface area contributed by atoms with Crippen LogP contribution >= 0.6 is 0 Å². The summed E-state index contributed by atoms with van der Waals surface area (Å²) < 4.78 is 29.1. The molecule has 0 atom stereocenters. The minimum Gasteiger partial charge on any atom is -0.505 e. The molecule has 2 aliphatic rings. The smallest absolute Gasteiger partial charge is 0.330 e. The molecule has 0 radical (unpaired) electrons. The van der Waals surface area contributed by atoms with Crippen molar-refractivity contribution in [1.82, 2.24) is 9.97 Å². The second-order valence-corrected chi connectivity index (χ2v) is 7.60. The van der Waals surface area contributed by atoms with Crippen LogP contribution in [0.25, 0.3) is 0 Å². The molecule has 0 spiro atoms. The van der Waals surface area contributed by atoms with Crippen LogP contribution in [0.3, 0.4) is 0 Å². The van der Waals surface area contributed by atoms with Gasteiger partial charge in [0.2, 0.25) is 5.95 Å². The number of fused-ring (bicyclic) bond motifs is 1. The number of phenolic OH excluding ortho intramolecular Hbond substituents is 1. The average Bonchev–Trinajstić information content (AvgIpc) is 2.76. The summed E-state index contributed by atoms with van der Waals surface area (Å²) in [5, 5.41) is 21.8. The fourth-order valence-electron chi connectivity index (χ4n) is 4.16. The van der Waals surface area contributed by atoms with Gasteiger partial charge in [0, 0.05) is 24.8 Å². The number of carboxylic acid groups (broad SMARTS) is 1. The van der Waals surface area contributed by atoms with E-state index < -0.39 is 47.0 Å². The van der Waals surface area contributed by atoms with Crippen LogP contribution < -0.4 is 15.1 Å². The maximum Gasteiger partial charge on any atom is 0.330 e. The van der Waals surface area contributed by atoms with Crippen molar-refractivity contribution in [3.8, 4) is 5.75 Å². The first-order chi connectivity index (χ1) is 14.8. The van der Waals surface area contributed by atoms with Gasteiger partial charge in [0.05, 0.1) is 12.5 Å². The zero-order chi connectivity index (χ0) is 22.3. The molecule has 1 saturated carbocycles. The number of halogens is 2. The highest BCUT2D eigenvalue weighted by atomic mass is 19.1. The number of carbonyl (C=O) groups is 2. The fraction of sp³-hybridized carbons (Fsp3) is 0.400. The Bertz CT molecular complexity index is 1040. The number of carbonyl (C=O) groups excluding carboxylic acids is 1. The van der Waals surface area contributed by atoms with E-state index in [4.69, 9.17) is 0 Å². The Balaban J connectivity index is 1.77. The first kappa shape index (κ1) is 20.8. The molecule has 1 aliphatic heterocycles. The van der Waals surface area contributed by atoms with Crippen LogP contribution in [-0.4, -0.2) is 45.3 Å². The Morgan fingerprint density at radius 2 is 1.94 bits per heavy atom. The van der Waals surface area contributed by atoms with Gasteiger partial charge in [0.1, 0.15) is 17.3 Å². The Labute approximate surface area is 176 Å². The number of nitrogens with one attached hydrogen (secondary N) is 1. The maximum atomic E-state index is 14.6. The number of carboxylic acids is 1. The van der Waals surface area contributed by atoms with Gasteiger partial charge in [-0.1, -0.05) is 0 Å². The van der Waals surface area contributed by atoms with Crippen molar-refractivity contribution in [2.45, 2.75) is 38.3 Å². The number of hydrogen-bond donors (Lipinski definition) is 3. The first-order valence-electron chi connectivity index (χ1n) is 9.86. The Morgan fingerprint density at radius 3 is 2.58 bits per heavy atom. The topological polar surface area (TPSA) is 119 Å². The number of anilines is 3. The third-order valence-electron chi connectivity index (χ3n) is 5.79. The van der Waals surface area contributed by atoms with Crippen LogP contribution in [-0.2, 0) is 11.3 Å². The molecule has 1 aromatic heterocycles. The van der Waals surface area contributed by atoms with Gasteiger partial charge in [0.15, 0.2) is 11.6 Å². The molecule has 2 heterocycles. The molecular formula is C20H21F2N5O4. The summed E-state index contributed by atoms with van der Waals surface area (Å²) in [4.78, 5) is 35.6. The number of benzene rings is 1. The van der Waals surface area contributed by atoms with E-state index in [9.17, 15) is 28.6 Å². The number of aromatic hydroxyl groups is 1. The second-order valence-electron chi connectivity index (χ2n) is 7.60. The first-order valence-corrected chi connectivity index (χ1v) is 9.86. The molecular weight excluding hydrogens is 412 g/mol. The molecule has 0 unspecified atom stereocenters. The van der Waals surface area contributed by atoms with E-state index in [0.717, 1.165) is 17.0 Å². The van der Waals surface area contributed by atoms with E-state index in [0.29, 0.717) is 37.1 Å². The predicted molar refractivity (Wildman–Crippen MR) is 107 cm³/mol. The summed E-state index contributed by atoms with van der Waals surface area (Å²) in [7, 11) is 1.62. The van der Waals surface area contributed by atoms with Crippen LogP contribution in [0.2, 0.25) is 0 Å². The number of nitrogens with zero attached hydrogens (tertiary/aromatic N) is 4. The highest BCUT2D eigenvalue weighted by molar-refractivity contribution is 6.06. The monoisotopic (exact) mass is 433 g/mol. The SMILES string of the molecule is CNc1ncc2c(n1)N(C1CCC(C(=O)O)CC1)C(=O)N(c1c(F)ccc(O)c1F)C2. The lowest BCUT2D eigenvalue weighted by molar-refractivity contribution is -0.142. The van der Waals surface area contributed by atoms with Crippen molar-refractivity contribution in [2.75, 3.05) is 22.2 Å². The van der Waals surface area contributed by atoms with E-state index in [1.807, 2.05) is 0 Å². The molecule has 2 amide bonds. The zero-order valence-electron chi connectivity index (χ0n) is 16.7. The van der Waals surface area contributed by atoms with Crippen molar-refractivity contribution in [3.63, 3.8) is 0 Å². The second kappa shape index (κ2) is 7.97. The summed E-state index contributed by atoms with van der Waals surface area (Å²) >= 11 is 0. The number of aromatic nitrogens is 2. The molecule has 1 aliphatic carbocycles. The van der Waals surface area contributed by atoms with Gasteiger partial charge >= 0.3 is 12.0 Å². The molecule has 0 saturated heterocycles. The highest BCUT2D eigenvalue weighted by Crippen LogP contribution is 2.39. The van der Waals surface area contributed by atoms with Crippen LogP contribution in [0.15, 0.2) is 18.3 Å². The third-order valence-corrected chi connectivity index (χ3v) is 5.79.